The molecule has 0 atom stereocenters. The highest BCUT2D eigenvalue weighted by atomic mass is 16.1. The Balaban J connectivity index is 4.37. The van der Waals surface area contributed by atoms with Gasteiger partial charge in [0.05, 0.1) is 0 Å². The minimum absolute atomic E-state index is 0.0884. The van der Waals surface area contributed by atoms with Crippen molar-refractivity contribution < 1.29 is 14.4 Å². The van der Waals surface area contributed by atoms with Gasteiger partial charge in [0.25, 0.3) is 0 Å². The Bertz CT molecular complexity index is 251. The van der Waals surface area contributed by atoms with E-state index in [1.165, 1.54) is 20.8 Å². The highest BCUT2D eigenvalue weighted by Gasteiger charge is 2.25. The van der Waals surface area contributed by atoms with E-state index >= 15 is 0 Å². The quantitative estimate of drug-likeness (QED) is 0.667. The van der Waals surface area contributed by atoms with Gasteiger partial charge in [-0.15, -0.1) is 0 Å². The molecule has 0 aliphatic rings. The van der Waals surface area contributed by atoms with Crippen molar-refractivity contribution in [1.29, 1.82) is 0 Å². The zero-order valence-corrected chi connectivity index (χ0v) is 11.0. The fourth-order valence-corrected chi connectivity index (χ4v) is 1.65. The number of carbonyl (C=O) groups is 3. The van der Waals surface area contributed by atoms with E-state index < -0.39 is 5.54 Å². The summed E-state index contributed by atoms with van der Waals surface area (Å²) < 4.78 is 0. The van der Waals surface area contributed by atoms with E-state index in [0.717, 1.165) is 0 Å². The summed E-state index contributed by atoms with van der Waals surface area (Å²) >= 11 is 0. The summed E-state index contributed by atoms with van der Waals surface area (Å²) in [6.07, 6.45) is 2.86. The predicted molar refractivity (Wildman–Crippen MR) is 66.7 cm³/mol. The van der Waals surface area contributed by atoms with Crippen LogP contribution in [0.25, 0.3) is 0 Å². The van der Waals surface area contributed by atoms with Crippen LogP contribution in [-0.4, -0.2) is 22.9 Å². The van der Waals surface area contributed by atoms with Crippen molar-refractivity contribution in [3.63, 3.8) is 0 Å². The third kappa shape index (κ3) is 8.74. The summed E-state index contributed by atoms with van der Waals surface area (Å²) in [7, 11) is 0. The Kier molecular flexibility index (Phi) is 6.88. The van der Waals surface area contributed by atoms with Crippen LogP contribution in [0.2, 0.25) is 0 Å². The van der Waals surface area contributed by atoms with Gasteiger partial charge in [-0.05, 0) is 40.0 Å². The third-order valence-corrected chi connectivity index (χ3v) is 2.92. The predicted octanol–water partition coefficient (Wildman–Crippen LogP) is 1.79. The van der Waals surface area contributed by atoms with Crippen LogP contribution in [0.5, 0.6) is 0 Å². The standard InChI is InChI=1S/C13H23NO3/c1-10(15)4-7-13(14,8-5-11(2)16)9-6-12(3)17/h4-9,14H2,1-3H3. The molecule has 0 heterocycles. The molecule has 0 radical (unpaired) electrons. The minimum Gasteiger partial charge on any atom is -0.325 e. The SMILES string of the molecule is CC(=O)CCC(N)(CCC(C)=O)CCC(C)=O. The number of ketones is 3. The lowest BCUT2D eigenvalue weighted by molar-refractivity contribution is -0.117. The van der Waals surface area contributed by atoms with Crippen molar-refractivity contribution in [3.8, 4) is 0 Å². The van der Waals surface area contributed by atoms with Gasteiger partial charge in [-0.3, -0.25) is 0 Å². The minimum atomic E-state index is -0.566. The van der Waals surface area contributed by atoms with E-state index in [-0.39, 0.29) is 17.3 Å². The number of rotatable bonds is 9. The van der Waals surface area contributed by atoms with Crippen molar-refractivity contribution in [2.24, 2.45) is 5.73 Å². The van der Waals surface area contributed by atoms with Gasteiger partial charge in [0.15, 0.2) is 0 Å². The zero-order valence-electron chi connectivity index (χ0n) is 11.0. The summed E-state index contributed by atoms with van der Waals surface area (Å²) in [6.45, 7) is 4.57. The molecule has 2 N–H and O–H groups in total. The molecule has 0 fully saturated rings. The van der Waals surface area contributed by atoms with Crippen molar-refractivity contribution >= 4 is 17.3 Å². The Hall–Kier alpha value is -1.03. The molecule has 0 amide bonds. The fraction of sp³-hybridized carbons (Fsp3) is 0.769. The number of nitrogens with two attached hydrogens (primary N) is 1. The molecule has 0 saturated heterocycles. The van der Waals surface area contributed by atoms with Crippen LogP contribution in [0.1, 0.15) is 59.3 Å². The molecule has 17 heavy (non-hydrogen) atoms. The lowest BCUT2D eigenvalue weighted by Crippen LogP contribution is -2.41. The molecule has 0 unspecified atom stereocenters. The topological polar surface area (TPSA) is 77.2 Å². The van der Waals surface area contributed by atoms with Gasteiger partial charge < -0.3 is 20.1 Å². The fourth-order valence-electron chi connectivity index (χ4n) is 1.65. The molecule has 0 rings (SSSR count). The van der Waals surface area contributed by atoms with E-state index in [1.54, 1.807) is 0 Å². The van der Waals surface area contributed by atoms with Crippen LogP contribution < -0.4 is 5.73 Å². The maximum Gasteiger partial charge on any atom is 0.129 e. The first kappa shape index (κ1) is 16.0. The monoisotopic (exact) mass is 241 g/mol. The average molecular weight is 241 g/mol. The van der Waals surface area contributed by atoms with Crippen LogP contribution in [0, 0.1) is 0 Å². The first-order valence-electron chi connectivity index (χ1n) is 6.02. The van der Waals surface area contributed by atoms with Gasteiger partial charge in [0, 0.05) is 24.8 Å². The second kappa shape index (κ2) is 7.33. The lowest BCUT2D eigenvalue weighted by atomic mass is 9.83. The Labute approximate surface area is 103 Å². The molecule has 0 aliphatic heterocycles. The lowest BCUT2D eigenvalue weighted by Gasteiger charge is -2.28. The molecule has 0 saturated carbocycles. The summed E-state index contributed by atoms with van der Waals surface area (Å²) in [5, 5.41) is 0. The highest BCUT2D eigenvalue weighted by Crippen LogP contribution is 2.23. The molecule has 0 spiro atoms. The number of hydrogen-bond acceptors (Lipinski definition) is 4. The molecular formula is C13H23NO3. The van der Waals surface area contributed by atoms with Crippen LogP contribution in [0.4, 0.5) is 0 Å². The van der Waals surface area contributed by atoms with Crippen molar-refractivity contribution in [3.05, 3.63) is 0 Å². The molecule has 0 aromatic carbocycles. The average Bonchev–Trinajstić information content (AvgIpc) is 2.21. The van der Waals surface area contributed by atoms with Gasteiger partial charge in [-0.1, -0.05) is 0 Å². The van der Waals surface area contributed by atoms with Crippen LogP contribution in [-0.2, 0) is 14.4 Å². The van der Waals surface area contributed by atoms with Crippen LogP contribution in [0.15, 0.2) is 0 Å². The molecular weight excluding hydrogens is 218 g/mol. The molecule has 0 aliphatic carbocycles. The van der Waals surface area contributed by atoms with Crippen LogP contribution in [0.3, 0.4) is 0 Å². The van der Waals surface area contributed by atoms with Gasteiger partial charge in [-0.2, -0.15) is 0 Å². The normalized spacial score (nSPS) is 11.3. The van der Waals surface area contributed by atoms with Crippen LogP contribution >= 0.6 is 0 Å². The molecule has 4 heteroatoms. The smallest absolute Gasteiger partial charge is 0.129 e. The van der Waals surface area contributed by atoms with E-state index in [4.69, 9.17) is 5.73 Å². The largest absolute Gasteiger partial charge is 0.325 e. The summed E-state index contributed by atoms with van der Waals surface area (Å²) in [5.41, 5.74) is 5.62. The van der Waals surface area contributed by atoms with Gasteiger partial charge in [0.2, 0.25) is 0 Å². The summed E-state index contributed by atoms with van der Waals surface area (Å²) in [4.78, 5) is 32.9. The maximum absolute atomic E-state index is 11.0. The Morgan fingerprint density at radius 1 is 0.765 bits per heavy atom. The molecule has 98 valence electrons. The van der Waals surface area contributed by atoms with E-state index in [9.17, 15) is 14.4 Å². The third-order valence-electron chi connectivity index (χ3n) is 2.92. The second-order valence-electron chi connectivity index (χ2n) is 4.97. The van der Waals surface area contributed by atoms with Crippen molar-refractivity contribution in [1.82, 2.24) is 0 Å². The number of carbonyl (C=O) groups excluding carboxylic acids is 3. The van der Waals surface area contributed by atoms with Gasteiger partial charge in [-0.25, -0.2) is 0 Å². The van der Waals surface area contributed by atoms with E-state index in [1.807, 2.05) is 0 Å². The highest BCUT2D eigenvalue weighted by molar-refractivity contribution is 5.77. The van der Waals surface area contributed by atoms with Gasteiger partial charge >= 0.3 is 0 Å². The molecule has 0 aromatic heterocycles. The summed E-state index contributed by atoms with van der Waals surface area (Å²) in [5.74, 6) is 0.265. The van der Waals surface area contributed by atoms with E-state index in [2.05, 4.69) is 0 Å². The number of Topliss-reactive ketones (excluding diaryl/α,β-unsaturated/α-hetero) is 3. The van der Waals surface area contributed by atoms with Crippen molar-refractivity contribution in [2.75, 3.05) is 0 Å². The zero-order chi connectivity index (χ0) is 13.5. The number of hydrogen-bond donors (Lipinski definition) is 1. The Morgan fingerprint density at radius 2 is 1.00 bits per heavy atom. The molecule has 0 bridgehead atoms. The second-order valence-corrected chi connectivity index (χ2v) is 4.97. The maximum atomic E-state index is 11.0. The van der Waals surface area contributed by atoms with Crippen molar-refractivity contribution in [2.45, 2.75) is 64.8 Å². The Morgan fingerprint density at radius 3 is 1.18 bits per heavy atom. The van der Waals surface area contributed by atoms with E-state index in [0.29, 0.717) is 38.5 Å². The molecule has 4 nitrogen and oxygen atoms in total. The first-order chi connectivity index (χ1) is 7.75. The van der Waals surface area contributed by atoms with Gasteiger partial charge in [0.1, 0.15) is 17.3 Å². The summed E-state index contributed by atoms with van der Waals surface area (Å²) in [6, 6.07) is 0. The first-order valence-corrected chi connectivity index (χ1v) is 6.02. The molecule has 0 aromatic rings.